The number of aryl methyl sites for hydroxylation is 4. The summed E-state index contributed by atoms with van der Waals surface area (Å²) in [7, 11) is -2.16. The highest BCUT2D eigenvalue weighted by atomic mass is 32.2. The van der Waals surface area contributed by atoms with Gasteiger partial charge in [0, 0.05) is 6.04 Å². The summed E-state index contributed by atoms with van der Waals surface area (Å²) in [5.74, 6) is 0.422. The van der Waals surface area contributed by atoms with Gasteiger partial charge in [-0.05, 0) is 80.8 Å². The maximum atomic E-state index is 13.1. The lowest BCUT2D eigenvalue weighted by molar-refractivity contribution is 0.400. The smallest absolute Gasteiger partial charge is 0.244 e. The standard InChI is InChI=1S/C21H27NO3S/c1-14-9-10-19(15(2)11-14)16(3)22-26(23,24)21-13-18-8-6-5-7-17(18)12-20(21)25-4/h9-13,16,22H,5-8H2,1-4H3/t16-/m0/s1. The van der Waals surface area contributed by atoms with Crippen LogP contribution in [0.1, 0.15) is 53.6 Å². The molecular formula is C21H27NO3S. The van der Waals surface area contributed by atoms with Crippen LogP contribution in [0.25, 0.3) is 0 Å². The van der Waals surface area contributed by atoms with Gasteiger partial charge >= 0.3 is 0 Å². The zero-order valence-electron chi connectivity index (χ0n) is 15.9. The molecule has 2 aromatic rings. The highest BCUT2D eigenvalue weighted by Crippen LogP contribution is 2.33. The first kappa shape index (κ1) is 18.9. The van der Waals surface area contributed by atoms with Gasteiger partial charge in [0.15, 0.2) is 0 Å². The third kappa shape index (κ3) is 3.79. The Labute approximate surface area is 156 Å². The molecule has 1 aliphatic carbocycles. The normalized spacial score (nSPS) is 15.4. The van der Waals surface area contributed by atoms with E-state index >= 15 is 0 Å². The molecule has 0 aliphatic heterocycles. The number of sulfonamides is 1. The van der Waals surface area contributed by atoms with Crippen LogP contribution in [0, 0.1) is 13.8 Å². The predicted molar refractivity (Wildman–Crippen MR) is 104 cm³/mol. The van der Waals surface area contributed by atoms with Crippen molar-refractivity contribution in [1.82, 2.24) is 4.72 Å². The molecule has 1 atom stereocenters. The van der Waals surface area contributed by atoms with Gasteiger partial charge in [-0.2, -0.15) is 0 Å². The van der Waals surface area contributed by atoms with E-state index in [1.165, 1.54) is 12.7 Å². The van der Waals surface area contributed by atoms with Crippen LogP contribution in [0.3, 0.4) is 0 Å². The van der Waals surface area contributed by atoms with Crippen molar-refractivity contribution >= 4 is 10.0 Å². The summed E-state index contributed by atoms with van der Waals surface area (Å²) in [6, 6.07) is 9.44. The van der Waals surface area contributed by atoms with Crippen LogP contribution < -0.4 is 9.46 Å². The molecule has 1 N–H and O–H groups in total. The second-order valence-electron chi connectivity index (χ2n) is 7.18. The van der Waals surface area contributed by atoms with E-state index in [1.54, 1.807) is 6.07 Å². The third-order valence-corrected chi connectivity index (χ3v) is 6.70. The van der Waals surface area contributed by atoms with Crippen LogP contribution in [0.15, 0.2) is 35.2 Å². The van der Waals surface area contributed by atoms with E-state index in [0.29, 0.717) is 5.75 Å². The van der Waals surface area contributed by atoms with Crippen LogP contribution in [0.2, 0.25) is 0 Å². The molecule has 0 heterocycles. The molecule has 26 heavy (non-hydrogen) atoms. The first-order chi connectivity index (χ1) is 12.3. The zero-order valence-corrected chi connectivity index (χ0v) is 16.7. The van der Waals surface area contributed by atoms with Gasteiger partial charge in [0.1, 0.15) is 10.6 Å². The molecule has 0 fully saturated rings. The van der Waals surface area contributed by atoms with Crippen molar-refractivity contribution in [2.75, 3.05) is 7.11 Å². The van der Waals surface area contributed by atoms with Crippen LogP contribution in [0.4, 0.5) is 0 Å². The summed E-state index contributed by atoms with van der Waals surface area (Å²) in [6.07, 6.45) is 4.16. The van der Waals surface area contributed by atoms with Gasteiger partial charge < -0.3 is 4.74 Å². The molecule has 0 unspecified atom stereocenters. The number of ether oxygens (including phenoxy) is 1. The topological polar surface area (TPSA) is 55.4 Å². The minimum Gasteiger partial charge on any atom is -0.495 e. The molecule has 0 saturated carbocycles. The summed E-state index contributed by atoms with van der Waals surface area (Å²) in [5.41, 5.74) is 5.55. The van der Waals surface area contributed by atoms with Gasteiger partial charge in [-0.3, -0.25) is 0 Å². The highest BCUT2D eigenvalue weighted by molar-refractivity contribution is 7.89. The second kappa shape index (κ2) is 7.41. The van der Waals surface area contributed by atoms with Crippen molar-refractivity contribution in [3.05, 3.63) is 58.1 Å². The maximum absolute atomic E-state index is 13.1. The van der Waals surface area contributed by atoms with Gasteiger partial charge in [0.05, 0.1) is 7.11 Å². The largest absolute Gasteiger partial charge is 0.495 e. The Morgan fingerprint density at radius 1 is 1.04 bits per heavy atom. The third-order valence-electron chi connectivity index (χ3n) is 5.14. The van der Waals surface area contributed by atoms with Crippen molar-refractivity contribution in [3.63, 3.8) is 0 Å². The van der Waals surface area contributed by atoms with Crippen LogP contribution >= 0.6 is 0 Å². The second-order valence-corrected chi connectivity index (χ2v) is 8.86. The summed E-state index contributed by atoms with van der Waals surface area (Å²) in [4.78, 5) is 0.234. The fourth-order valence-corrected chi connectivity index (χ4v) is 5.21. The molecule has 0 bridgehead atoms. The van der Waals surface area contributed by atoms with E-state index in [0.717, 1.165) is 47.9 Å². The van der Waals surface area contributed by atoms with E-state index in [1.807, 2.05) is 39.0 Å². The Morgan fingerprint density at radius 3 is 2.31 bits per heavy atom. The van der Waals surface area contributed by atoms with Crippen molar-refractivity contribution in [1.29, 1.82) is 0 Å². The molecule has 0 aromatic heterocycles. The SMILES string of the molecule is COc1cc2c(cc1S(=O)(=O)N[C@@H](C)c1ccc(C)cc1C)CCCC2. The van der Waals surface area contributed by atoms with E-state index in [-0.39, 0.29) is 10.9 Å². The summed E-state index contributed by atoms with van der Waals surface area (Å²) in [5, 5.41) is 0. The summed E-state index contributed by atoms with van der Waals surface area (Å²) in [6.45, 7) is 5.91. The van der Waals surface area contributed by atoms with Crippen LogP contribution in [0.5, 0.6) is 5.75 Å². The predicted octanol–water partition coefficient (Wildman–Crippen LogP) is 4.23. The minimum atomic E-state index is -3.69. The number of benzene rings is 2. The van der Waals surface area contributed by atoms with Gasteiger partial charge in [0.25, 0.3) is 0 Å². The van der Waals surface area contributed by atoms with E-state index in [2.05, 4.69) is 10.8 Å². The molecular weight excluding hydrogens is 346 g/mol. The lowest BCUT2D eigenvalue weighted by Gasteiger charge is -2.21. The van der Waals surface area contributed by atoms with Crippen LogP contribution in [-0.2, 0) is 22.9 Å². The summed E-state index contributed by atoms with van der Waals surface area (Å²) >= 11 is 0. The van der Waals surface area contributed by atoms with Crippen molar-refractivity contribution in [3.8, 4) is 5.75 Å². The highest BCUT2D eigenvalue weighted by Gasteiger charge is 2.25. The Bertz CT molecular complexity index is 919. The number of hydrogen-bond acceptors (Lipinski definition) is 3. The summed E-state index contributed by atoms with van der Waals surface area (Å²) < 4.78 is 34.4. The lowest BCUT2D eigenvalue weighted by atomic mass is 9.92. The number of fused-ring (bicyclic) bond motifs is 1. The molecule has 2 aromatic carbocycles. The molecule has 0 radical (unpaired) electrons. The zero-order chi connectivity index (χ0) is 18.9. The van der Waals surface area contributed by atoms with Gasteiger partial charge in [-0.1, -0.05) is 23.8 Å². The molecule has 3 rings (SSSR count). The average Bonchev–Trinajstić information content (AvgIpc) is 2.60. The first-order valence-corrected chi connectivity index (χ1v) is 10.6. The van der Waals surface area contributed by atoms with E-state index in [4.69, 9.17) is 4.74 Å². The van der Waals surface area contributed by atoms with Crippen molar-refractivity contribution in [2.45, 2.75) is 57.4 Å². The van der Waals surface area contributed by atoms with E-state index < -0.39 is 10.0 Å². The van der Waals surface area contributed by atoms with E-state index in [9.17, 15) is 8.42 Å². The Balaban J connectivity index is 1.95. The molecule has 140 valence electrons. The quantitative estimate of drug-likeness (QED) is 0.853. The average molecular weight is 374 g/mol. The lowest BCUT2D eigenvalue weighted by Crippen LogP contribution is -2.28. The Morgan fingerprint density at radius 2 is 1.69 bits per heavy atom. The monoisotopic (exact) mass is 373 g/mol. The van der Waals surface area contributed by atoms with Crippen LogP contribution in [-0.4, -0.2) is 15.5 Å². The molecule has 4 nitrogen and oxygen atoms in total. The number of nitrogens with one attached hydrogen (secondary N) is 1. The number of rotatable bonds is 5. The van der Waals surface area contributed by atoms with Crippen molar-refractivity contribution < 1.29 is 13.2 Å². The van der Waals surface area contributed by atoms with Gasteiger partial charge in [-0.15, -0.1) is 0 Å². The number of methoxy groups -OCH3 is 1. The van der Waals surface area contributed by atoms with Gasteiger partial charge in [0.2, 0.25) is 10.0 Å². The fourth-order valence-electron chi connectivity index (χ4n) is 3.78. The molecule has 1 aliphatic rings. The first-order valence-electron chi connectivity index (χ1n) is 9.11. The Kier molecular flexibility index (Phi) is 5.39. The maximum Gasteiger partial charge on any atom is 0.244 e. The molecule has 5 heteroatoms. The fraction of sp³-hybridized carbons (Fsp3) is 0.429. The van der Waals surface area contributed by atoms with Crippen molar-refractivity contribution in [2.24, 2.45) is 0 Å². The molecule has 0 saturated heterocycles. The number of hydrogen-bond donors (Lipinski definition) is 1. The molecule has 0 amide bonds. The molecule has 0 spiro atoms. The van der Waals surface area contributed by atoms with Gasteiger partial charge in [-0.25, -0.2) is 13.1 Å². The minimum absolute atomic E-state index is 0.234. The Hall–Kier alpha value is -1.85.